The molecule has 4 rings (SSSR count). The summed E-state index contributed by atoms with van der Waals surface area (Å²) in [6, 6.07) is 18.5. The summed E-state index contributed by atoms with van der Waals surface area (Å²) in [5.74, 6) is 0.524. The van der Waals surface area contributed by atoms with Crippen LogP contribution in [0, 0.1) is 11.2 Å². The van der Waals surface area contributed by atoms with Crippen LogP contribution in [0.5, 0.6) is 0 Å². The van der Waals surface area contributed by atoms with Gasteiger partial charge in [0.15, 0.2) is 0 Å². The molecule has 132 valence electrons. The zero-order valence-electron chi connectivity index (χ0n) is 14.7. The first kappa shape index (κ1) is 16.7. The fraction of sp³-hybridized carbons (Fsp3) is 0.455. The lowest BCUT2D eigenvalue weighted by Gasteiger charge is -2.38. The average Bonchev–Trinajstić information content (AvgIpc) is 3.44. The maximum atomic E-state index is 13.2. The van der Waals surface area contributed by atoms with Crippen molar-refractivity contribution in [2.45, 2.75) is 37.6 Å². The van der Waals surface area contributed by atoms with Crippen LogP contribution in [0.4, 0.5) is 4.39 Å². The molecule has 2 N–H and O–H groups in total. The molecule has 1 aliphatic heterocycles. The maximum absolute atomic E-state index is 13.2. The molecule has 0 unspecified atom stereocenters. The van der Waals surface area contributed by atoms with Crippen molar-refractivity contribution in [1.82, 2.24) is 10.6 Å². The van der Waals surface area contributed by atoms with Crippen molar-refractivity contribution in [1.29, 1.82) is 0 Å². The van der Waals surface area contributed by atoms with E-state index in [4.69, 9.17) is 0 Å². The van der Waals surface area contributed by atoms with Crippen LogP contribution in [-0.4, -0.2) is 25.7 Å². The molecule has 2 fully saturated rings. The molecular formula is C22H27FN2. The fourth-order valence-corrected chi connectivity index (χ4v) is 4.25. The Labute approximate surface area is 149 Å². The Morgan fingerprint density at radius 2 is 1.72 bits per heavy atom. The quantitative estimate of drug-likeness (QED) is 0.835. The van der Waals surface area contributed by atoms with Gasteiger partial charge in [-0.05, 0) is 67.4 Å². The van der Waals surface area contributed by atoms with Gasteiger partial charge in [-0.25, -0.2) is 4.39 Å². The van der Waals surface area contributed by atoms with Crippen molar-refractivity contribution in [2.24, 2.45) is 5.41 Å². The van der Waals surface area contributed by atoms with Gasteiger partial charge in [0, 0.05) is 18.5 Å². The number of rotatable bonds is 6. The van der Waals surface area contributed by atoms with Crippen molar-refractivity contribution in [3.05, 3.63) is 71.5 Å². The Morgan fingerprint density at radius 3 is 2.44 bits per heavy atom. The molecule has 1 aliphatic carbocycles. The minimum absolute atomic E-state index is 0.148. The molecule has 2 aromatic carbocycles. The van der Waals surface area contributed by atoms with Gasteiger partial charge >= 0.3 is 0 Å². The van der Waals surface area contributed by atoms with Crippen LogP contribution in [-0.2, 0) is 6.42 Å². The van der Waals surface area contributed by atoms with Crippen molar-refractivity contribution >= 4 is 0 Å². The molecule has 2 aromatic rings. The first-order chi connectivity index (χ1) is 12.2. The third-order valence-corrected chi connectivity index (χ3v) is 5.91. The highest BCUT2D eigenvalue weighted by Crippen LogP contribution is 2.42. The molecule has 0 radical (unpaired) electrons. The SMILES string of the molecule is Fc1ccc(CC2(CN[C@@H]3C[C@H]3c3ccccc3)CCNCC2)cc1. The van der Waals surface area contributed by atoms with Gasteiger partial charge in [0.2, 0.25) is 0 Å². The van der Waals surface area contributed by atoms with Gasteiger partial charge in [-0.2, -0.15) is 0 Å². The smallest absolute Gasteiger partial charge is 0.123 e. The van der Waals surface area contributed by atoms with Crippen molar-refractivity contribution in [2.75, 3.05) is 19.6 Å². The number of benzene rings is 2. The number of piperidine rings is 1. The predicted octanol–water partition coefficient (Wildman–Crippen LogP) is 3.88. The molecule has 3 heteroatoms. The van der Waals surface area contributed by atoms with E-state index in [9.17, 15) is 4.39 Å². The summed E-state index contributed by atoms with van der Waals surface area (Å²) in [7, 11) is 0. The molecule has 2 nitrogen and oxygen atoms in total. The lowest BCUT2D eigenvalue weighted by Crippen LogP contribution is -2.45. The van der Waals surface area contributed by atoms with E-state index in [1.165, 1.54) is 30.4 Å². The van der Waals surface area contributed by atoms with E-state index in [2.05, 4.69) is 41.0 Å². The monoisotopic (exact) mass is 338 g/mol. The summed E-state index contributed by atoms with van der Waals surface area (Å²) in [6.45, 7) is 3.21. The number of hydrogen-bond donors (Lipinski definition) is 2. The first-order valence-electron chi connectivity index (χ1n) is 9.48. The standard InChI is InChI=1S/C22H27FN2/c23-19-8-6-17(7-9-19)15-22(10-12-24-13-11-22)16-25-21-14-20(21)18-4-2-1-3-5-18/h1-9,20-21,24-25H,10-16H2/t20-,21+/m0/s1. The normalized spacial score (nSPS) is 24.8. The second-order valence-corrected chi connectivity index (χ2v) is 7.79. The minimum Gasteiger partial charge on any atom is -0.317 e. The topological polar surface area (TPSA) is 24.1 Å². The summed E-state index contributed by atoms with van der Waals surface area (Å²) in [4.78, 5) is 0. The number of hydrogen-bond acceptors (Lipinski definition) is 2. The zero-order valence-corrected chi connectivity index (χ0v) is 14.7. The largest absolute Gasteiger partial charge is 0.317 e. The average molecular weight is 338 g/mol. The second-order valence-electron chi connectivity index (χ2n) is 7.79. The Hall–Kier alpha value is -1.71. The van der Waals surface area contributed by atoms with Gasteiger partial charge < -0.3 is 10.6 Å². The third kappa shape index (κ3) is 4.10. The molecule has 0 amide bonds. The van der Waals surface area contributed by atoms with Gasteiger partial charge in [0.05, 0.1) is 0 Å². The lowest BCUT2D eigenvalue weighted by molar-refractivity contribution is 0.191. The molecule has 0 bridgehead atoms. The summed E-state index contributed by atoms with van der Waals surface area (Å²) in [5.41, 5.74) is 2.99. The maximum Gasteiger partial charge on any atom is 0.123 e. The molecule has 0 spiro atoms. The van der Waals surface area contributed by atoms with Crippen LogP contribution in [0.1, 0.15) is 36.3 Å². The third-order valence-electron chi connectivity index (χ3n) is 5.91. The highest BCUT2D eigenvalue weighted by atomic mass is 19.1. The van der Waals surface area contributed by atoms with Gasteiger partial charge in [0.25, 0.3) is 0 Å². The van der Waals surface area contributed by atoms with Crippen molar-refractivity contribution in [3.63, 3.8) is 0 Å². The molecule has 1 heterocycles. The molecule has 1 saturated carbocycles. The molecule has 25 heavy (non-hydrogen) atoms. The van der Waals surface area contributed by atoms with E-state index in [0.29, 0.717) is 12.0 Å². The minimum atomic E-state index is -0.148. The highest BCUT2D eigenvalue weighted by Gasteiger charge is 2.40. The Kier molecular flexibility index (Phi) is 4.87. The van der Waals surface area contributed by atoms with E-state index in [-0.39, 0.29) is 11.2 Å². The van der Waals surface area contributed by atoms with E-state index in [1.807, 2.05) is 12.1 Å². The number of halogens is 1. The van der Waals surface area contributed by atoms with E-state index in [1.54, 1.807) is 12.1 Å². The van der Waals surface area contributed by atoms with E-state index < -0.39 is 0 Å². The fourth-order valence-electron chi connectivity index (χ4n) is 4.25. The van der Waals surface area contributed by atoms with Crippen LogP contribution < -0.4 is 10.6 Å². The van der Waals surface area contributed by atoms with Gasteiger partial charge in [-0.1, -0.05) is 42.5 Å². The van der Waals surface area contributed by atoms with Crippen LogP contribution in [0.25, 0.3) is 0 Å². The molecule has 2 aliphatic rings. The Balaban J connectivity index is 1.39. The van der Waals surface area contributed by atoms with Gasteiger partial charge in [0.1, 0.15) is 5.82 Å². The van der Waals surface area contributed by atoms with Crippen molar-refractivity contribution in [3.8, 4) is 0 Å². The summed E-state index contributed by atoms with van der Waals surface area (Å²) in [6.07, 6.45) is 4.64. The molecule has 0 aromatic heterocycles. The van der Waals surface area contributed by atoms with Gasteiger partial charge in [-0.15, -0.1) is 0 Å². The molecule has 1 saturated heterocycles. The van der Waals surface area contributed by atoms with E-state index >= 15 is 0 Å². The van der Waals surface area contributed by atoms with Crippen LogP contribution in [0.15, 0.2) is 54.6 Å². The number of nitrogens with one attached hydrogen (secondary N) is 2. The van der Waals surface area contributed by atoms with Crippen LogP contribution >= 0.6 is 0 Å². The molecular weight excluding hydrogens is 311 g/mol. The lowest BCUT2D eigenvalue weighted by atomic mass is 9.74. The van der Waals surface area contributed by atoms with E-state index in [0.717, 1.165) is 26.1 Å². The van der Waals surface area contributed by atoms with Crippen LogP contribution in [0.2, 0.25) is 0 Å². The van der Waals surface area contributed by atoms with Gasteiger partial charge in [-0.3, -0.25) is 0 Å². The highest BCUT2D eigenvalue weighted by molar-refractivity contribution is 5.27. The molecule has 2 atom stereocenters. The first-order valence-corrected chi connectivity index (χ1v) is 9.48. The zero-order chi connectivity index (χ0) is 17.1. The Bertz CT molecular complexity index is 677. The summed E-state index contributed by atoms with van der Waals surface area (Å²) >= 11 is 0. The van der Waals surface area contributed by atoms with Crippen LogP contribution in [0.3, 0.4) is 0 Å². The summed E-state index contributed by atoms with van der Waals surface area (Å²) in [5, 5.41) is 7.33. The second kappa shape index (κ2) is 7.27. The van der Waals surface area contributed by atoms with Crippen molar-refractivity contribution < 1.29 is 4.39 Å². The Morgan fingerprint density at radius 1 is 1.00 bits per heavy atom. The summed E-state index contributed by atoms with van der Waals surface area (Å²) < 4.78 is 13.2. The predicted molar refractivity (Wildman–Crippen MR) is 100 cm³/mol.